The second-order valence-corrected chi connectivity index (χ2v) is 11.5. The zero-order valence-corrected chi connectivity index (χ0v) is 24.9. The number of carbonyl (C=O) groups excluding carboxylic acids is 1. The summed E-state index contributed by atoms with van der Waals surface area (Å²) >= 11 is 15.1. The average molecular weight is 596 g/mol. The molecule has 0 aromatic heterocycles. The van der Waals surface area contributed by atoms with Crippen LogP contribution in [-0.4, -0.2) is 21.4 Å². The van der Waals surface area contributed by atoms with Crippen LogP contribution in [0, 0.1) is 23.7 Å². The van der Waals surface area contributed by atoms with Crippen LogP contribution in [0.3, 0.4) is 0 Å². The monoisotopic (exact) mass is 595 g/mol. The van der Waals surface area contributed by atoms with Gasteiger partial charge in [0.05, 0.1) is 6.04 Å². The zero-order chi connectivity index (χ0) is 24.4. The van der Waals surface area contributed by atoms with Crippen molar-refractivity contribution in [3.05, 3.63) is 21.8 Å². The number of aliphatic imine (C=N–C) groups is 1. The van der Waals surface area contributed by atoms with Gasteiger partial charge in [-0.15, -0.1) is 0 Å². The Morgan fingerprint density at radius 3 is 2.28 bits per heavy atom. The van der Waals surface area contributed by atoms with Gasteiger partial charge >= 0.3 is 0 Å². The van der Waals surface area contributed by atoms with Crippen molar-refractivity contribution < 1.29 is 4.79 Å². The molecule has 0 bridgehead atoms. The smallest absolute Gasteiger partial charge is 0.139 e. The topological polar surface area (TPSA) is 29.4 Å². The summed E-state index contributed by atoms with van der Waals surface area (Å²) in [5.41, 5.74) is 3.94. The fourth-order valence-corrected chi connectivity index (χ4v) is 6.68. The molecule has 5 heteroatoms. The van der Waals surface area contributed by atoms with Crippen molar-refractivity contribution in [2.24, 2.45) is 28.7 Å². The second-order valence-electron chi connectivity index (χ2n) is 9.94. The predicted octanol–water partition coefficient (Wildman–Crippen LogP) is 9.52. The Morgan fingerprint density at radius 1 is 1.16 bits per heavy atom. The Bertz CT molecular complexity index is 706. The first-order valence-electron chi connectivity index (χ1n) is 12.4. The molecule has 2 nitrogen and oxygen atoms in total. The molecule has 0 spiro atoms. The first-order chi connectivity index (χ1) is 15.1. The van der Waals surface area contributed by atoms with Crippen LogP contribution >= 0.6 is 45.8 Å². The molecule has 0 saturated heterocycles. The molecule has 0 aromatic rings. The maximum absolute atomic E-state index is 13.7. The van der Waals surface area contributed by atoms with Gasteiger partial charge in [-0.2, -0.15) is 0 Å². The van der Waals surface area contributed by atoms with E-state index in [1.165, 1.54) is 5.57 Å². The fourth-order valence-electron chi connectivity index (χ4n) is 4.71. The number of nitrogens with zero attached hydrogens (tertiary/aromatic N) is 1. The Labute approximate surface area is 221 Å². The first-order valence-corrected chi connectivity index (χ1v) is 14.7. The molecule has 184 valence electrons. The standard InChI is InChI=1S/C27H44Cl2INO/c1-8-20(18(5)6)11-10-12-23(19(7)17(3)4)26(32)21(9-2)13-14-22-15-25(28)24(16-30)27(29)31-22/h17,19,21-23H,8-16H2,1-7H3/t19?,21-,22?,23?/m0/s1. The lowest BCUT2D eigenvalue weighted by Crippen LogP contribution is -2.31. The number of ketones is 1. The van der Waals surface area contributed by atoms with E-state index < -0.39 is 0 Å². The van der Waals surface area contributed by atoms with E-state index in [1.807, 2.05) is 0 Å². The van der Waals surface area contributed by atoms with E-state index in [1.54, 1.807) is 5.57 Å². The molecule has 0 fully saturated rings. The summed E-state index contributed by atoms with van der Waals surface area (Å²) in [5.74, 6) is 1.61. The van der Waals surface area contributed by atoms with Gasteiger partial charge in [0.25, 0.3) is 0 Å². The van der Waals surface area contributed by atoms with Crippen LogP contribution in [0.5, 0.6) is 0 Å². The van der Waals surface area contributed by atoms with Gasteiger partial charge in [0.2, 0.25) is 0 Å². The zero-order valence-electron chi connectivity index (χ0n) is 21.2. The van der Waals surface area contributed by atoms with Gasteiger partial charge < -0.3 is 0 Å². The van der Waals surface area contributed by atoms with Gasteiger partial charge in [-0.1, -0.05) is 91.6 Å². The quantitative estimate of drug-likeness (QED) is 0.112. The minimum Gasteiger partial charge on any atom is -0.299 e. The molecule has 3 unspecified atom stereocenters. The van der Waals surface area contributed by atoms with E-state index in [2.05, 4.69) is 76.0 Å². The summed E-state index contributed by atoms with van der Waals surface area (Å²) in [7, 11) is 0. The molecule has 4 atom stereocenters. The molecule has 1 heterocycles. The largest absolute Gasteiger partial charge is 0.299 e. The first kappa shape index (κ1) is 30.2. The number of hydrogen-bond donors (Lipinski definition) is 0. The lowest BCUT2D eigenvalue weighted by molar-refractivity contribution is -0.129. The second kappa shape index (κ2) is 15.2. The number of allylic oxidation sites excluding steroid dienone is 3. The fraction of sp³-hybridized carbons (Fsp3) is 0.778. The van der Waals surface area contributed by atoms with Crippen molar-refractivity contribution >= 4 is 56.7 Å². The van der Waals surface area contributed by atoms with Crippen LogP contribution in [0.4, 0.5) is 0 Å². The van der Waals surface area contributed by atoms with Crippen molar-refractivity contribution in [3.8, 4) is 0 Å². The highest BCUT2D eigenvalue weighted by Gasteiger charge is 2.32. The van der Waals surface area contributed by atoms with Crippen LogP contribution < -0.4 is 0 Å². The Hall–Kier alpha value is 0.130. The Morgan fingerprint density at radius 2 is 1.81 bits per heavy atom. The maximum atomic E-state index is 13.7. The molecule has 0 N–H and O–H groups in total. The molecular formula is C27H44Cl2INO. The Kier molecular flexibility index (Phi) is 14.3. The average Bonchev–Trinajstić information content (AvgIpc) is 2.73. The van der Waals surface area contributed by atoms with E-state index >= 15 is 0 Å². The summed E-state index contributed by atoms with van der Waals surface area (Å²) in [5, 5.41) is 1.39. The normalized spacial score (nSPS) is 19.6. The van der Waals surface area contributed by atoms with Crippen LogP contribution in [-0.2, 0) is 4.79 Å². The van der Waals surface area contributed by atoms with E-state index in [0.717, 1.165) is 66.4 Å². The number of alkyl halides is 1. The van der Waals surface area contributed by atoms with Gasteiger partial charge in [0, 0.05) is 33.3 Å². The summed E-state index contributed by atoms with van der Waals surface area (Å²) in [4.78, 5) is 18.4. The van der Waals surface area contributed by atoms with Crippen molar-refractivity contribution in [1.29, 1.82) is 0 Å². The van der Waals surface area contributed by atoms with Crippen LogP contribution in [0.2, 0.25) is 0 Å². The van der Waals surface area contributed by atoms with Gasteiger partial charge in [-0.3, -0.25) is 9.79 Å². The molecule has 1 rings (SSSR count). The molecule has 0 aromatic carbocycles. The lowest BCUT2D eigenvalue weighted by atomic mass is 9.74. The van der Waals surface area contributed by atoms with Crippen LogP contribution in [0.1, 0.15) is 99.8 Å². The van der Waals surface area contributed by atoms with Crippen LogP contribution in [0.25, 0.3) is 0 Å². The lowest BCUT2D eigenvalue weighted by Gasteiger charge is -2.30. The van der Waals surface area contributed by atoms with Gasteiger partial charge in [0.1, 0.15) is 11.0 Å². The number of halogens is 3. The highest BCUT2D eigenvalue weighted by molar-refractivity contribution is 14.1. The van der Waals surface area contributed by atoms with E-state index in [-0.39, 0.29) is 17.9 Å². The van der Waals surface area contributed by atoms with Crippen molar-refractivity contribution in [1.82, 2.24) is 0 Å². The molecule has 0 amide bonds. The van der Waals surface area contributed by atoms with Gasteiger partial charge in [-0.05, 0) is 70.6 Å². The number of hydrogen-bond acceptors (Lipinski definition) is 2. The van der Waals surface area contributed by atoms with E-state index in [0.29, 0.717) is 22.8 Å². The number of Topliss-reactive ketones (excluding diaryl/α,β-unsaturated/α-hetero) is 1. The minimum atomic E-state index is 0.0919. The maximum Gasteiger partial charge on any atom is 0.139 e. The predicted molar refractivity (Wildman–Crippen MR) is 151 cm³/mol. The third-order valence-corrected chi connectivity index (χ3v) is 8.81. The van der Waals surface area contributed by atoms with Crippen molar-refractivity contribution in [3.63, 3.8) is 0 Å². The number of dihydropyridines is 1. The molecule has 0 radical (unpaired) electrons. The van der Waals surface area contributed by atoms with Crippen molar-refractivity contribution in [2.45, 2.75) is 106 Å². The minimum absolute atomic E-state index is 0.0919. The highest BCUT2D eigenvalue weighted by Crippen LogP contribution is 2.34. The molecule has 1 aliphatic heterocycles. The molecule has 1 aliphatic rings. The summed E-state index contributed by atoms with van der Waals surface area (Å²) in [6, 6.07) is 0.0919. The third-order valence-electron chi connectivity index (χ3n) is 7.34. The molecular weight excluding hydrogens is 552 g/mol. The number of rotatable bonds is 14. The highest BCUT2D eigenvalue weighted by atomic mass is 127. The molecule has 32 heavy (non-hydrogen) atoms. The van der Waals surface area contributed by atoms with Gasteiger partial charge in [0.15, 0.2) is 0 Å². The summed E-state index contributed by atoms with van der Waals surface area (Å²) < 4.78 is 0.781. The van der Waals surface area contributed by atoms with E-state index in [9.17, 15) is 4.79 Å². The van der Waals surface area contributed by atoms with Gasteiger partial charge in [-0.25, -0.2) is 0 Å². The third kappa shape index (κ3) is 9.06. The van der Waals surface area contributed by atoms with Crippen molar-refractivity contribution in [2.75, 3.05) is 4.43 Å². The molecule has 0 saturated carbocycles. The SMILES string of the molecule is CCC(CCCC(C(=O)[C@@H](CC)CCC1CC(Cl)=C(CI)C(Cl)=N1)C(C)C(C)C)=C(C)C. The number of carbonyl (C=O) groups is 1. The van der Waals surface area contributed by atoms with E-state index in [4.69, 9.17) is 23.2 Å². The molecule has 0 aliphatic carbocycles. The summed E-state index contributed by atoms with van der Waals surface area (Å²) in [6.07, 6.45) is 7.68. The summed E-state index contributed by atoms with van der Waals surface area (Å²) in [6.45, 7) is 15.6. The Balaban J connectivity index is 2.83. The van der Waals surface area contributed by atoms with Crippen LogP contribution in [0.15, 0.2) is 26.7 Å².